The van der Waals surface area contributed by atoms with Gasteiger partial charge in [0.2, 0.25) is 5.95 Å². The normalized spacial score (nSPS) is 12.6. The lowest BCUT2D eigenvalue weighted by atomic mass is 10.1. The van der Waals surface area contributed by atoms with Gasteiger partial charge in [-0.3, -0.25) is 0 Å². The van der Waals surface area contributed by atoms with Crippen molar-refractivity contribution < 1.29 is 48.3 Å². The summed E-state index contributed by atoms with van der Waals surface area (Å²) in [4.78, 5) is 13.7. The van der Waals surface area contributed by atoms with E-state index in [1.54, 1.807) is 50.2 Å². The first kappa shape index (κ1) is 51.1. The third-order valence-corrected chi connectivity index (χ3v) is 15.0. The summed E-state index contributed by atoms with van der Waals surface area (Å²) < 4.78 is 114. The van der Waals surface area contributed by atoms with Gasteiger partial charge in [-0.25, -0.2) is 38.7 Å². The fraction of sp³-hybridized carbons (Fsp3) is 0.255. The van der Waals surface area contributed by atoms with E-state index in [9.17, 15) is 38.8 Å². The highest BCUT2D eigenvalue weighted by atomic mass is 32.2. The lowest BCUT2D eigenvalue weighted by Gasteiger charge is -2.12. The summed E-state index contributed by atoms with van der Waals surface area (Å²) in [5, 5.41) is 30.8. The highest BCUT2D eigenvalue weighted by Gasteiger charge is 2.22. The Labute approximate surface area is 405 Å². The van der Waals surface area contributed by atoms with E-state index in [1.165, 1.54) is 60.7 Å². The number of aliphatic hydroxyl groups is 1. The molecule has 19 nitrogen and oxygen atoms in total. The first-order valence-corrected chi connectivity index (χ1v) is 29.0. The van der Waals surface area contributed by atoms with Crippen molar-refractivity contribution in [2.24, 2.45) is 20.5 Å². The standard InChI is InChI=1S/C47H48N8O11S4/c1-7-65-39-21-29(15-17-37(39)54-52-31-25-35-33(43(27-31)69(5,61)62)11-9-13-41(35)67(3,57)58)23-45-49-46(51-47(50-45)48-19-20-56)24-30-16-18-38(40(22-30)66-8-2)55-53-32-26-36-34(44(28-32)70(6,63)64)12-10-14-42(36)68(4,59)60/h9-18,21-22,25-28,56H,7-8,19-20,23-24H2,1-6H3,(H,48,49,50,51). The second-order valence-electron chi connectivity index (χ2n) is 16.0. The molecule has 1 heterocycles. The molecule has 0 amide bonds. The lowest BCUT2D eigenvalue weighted by molar-refractivity contribution is 0.310. The Kier molecular flexibility index (Phi) is 15.1. The molecular formula is C47H48N8O11S4. The number of fused-ring (bicyclic) bond motifs is 2. The number of nitrogens with one attached hydrogen (secondary N) is 1. The van der Waals surface area contributed by atoms with E-state index in [2.05, 4.69) is 35.7 Å². The van der Waals surface area contributed by atoms with Crippen LogP contribution in [0.15, 0.2) is 137 Å². The number of rotatable bonds is 19. The van der Waals surface area contributed by atoms with Gasteiger partial charge in [0, 0.05) is 66.0 Å². The first-order valence-electron chi connectivity index (χ1n) is 21.4. The molecular weight excluding hydrogens is 981 g/mol. The number of benzene rings is 6. The van der Waals surface area contributed by atoms with Gasteiger partial charge in [-0.1, -0.05) is 36.4 Å². The van der Waals surface area contributed by atoms with Gasteiger partial charge in [-0.05, 0) is 85.6 Å². The van der Waals surface area contributed by atoms with Crippen LogP contribution in [0.3, 0.4) is 0 Å². The number of sulfone groups is 4. The minimum absolute atomic E-state index is 0.0450. The van der Waals surface area contributed by atoms with E-state index in [-0.39, 0.29) is 97.7 Å². The van der Waals surface area contributed by atoms with Crippen molar-refractivity contribution in [3.63, 3.8) is 0 Å². The summed E-state index contributed by atoms with van der Waals surface area (Å²) in [6.45, 7) is 4.12. The molecule has 0 aliphatic heterocycles. The number of nitrogens with zero attached hydrogens (tertiary/aromatic N) is 7. The van der Waals surface area contributed by atoms with Crippen LogP contribution in [0.1, 0.15) is 36.6 Å². The van der Waals surface area contributed by atoms with E-state index in [0.717, 1.165) is 36.1 Å². The quantitative estimate of drug-likeness (QED) is 0.0726. The summed E-state index contributed by atoms with van der Waals surface area (Å²) in [5.41, 5.74) is 2.31. The van der Waals surface area contributed by atoms with Crippen molar-refractivity contribution in [2.75, 3.05) is 56.7 Å². The maximum absolute atomic E-state index is 12.8. The van der Waals surface area contributed by atoms with Crippen molar-refractivity contribution in [1.82, 2.24) is 15.0 Å². The molecule has 0 spiro atoms. The molecule has 0 saturated carbocycles. The number of anilines is 1. The van der Waals surface area contributed by atoms with Gasteiger partial charge in [-0.15, -0.1) is 10.2 Å². The van der Waals surface area contributed by atoms with E-state index in [1.807, 2.05) is 0 Å². The molecule has 0 fully saturated rings. The van der Waals surface area contributed by atoms with Gasteiger partial charge >= 0.3 is 0 Å². The zero-order valence-electron chi connectivity index (χ0n) is 38.8. The van der Waals surface area contributed by atoms with Crippen molar-refractivity contribution in [3.05, 3.63) is 120 Å². The van der Waals surface area contributed by atoms with E-state index < -0.39 is 39.3 Å². The molecule has 0 saturated heterocycles. The van der Waals surface area contributed by atoms with Crippen LogP contribution < -0.4 is 14.8 Å². The molecule has 23 heteroatoms. The van der Waals surface area contributed by atoms with Gasteiger partial charge < -0.3 is 19.9 Å². The van der Waals surface area contributed by atoms with Crippen LogP contribution in [-0.4, -0.2) is 105 Å². The molecule has 7 aromatic rings. The fourth-order valence-corrected chi connectivity index (χ4v) is 11.1. The molecule has 0 aliphatic carbocycles. The minimum Gasteiger partial charge on any atom is -0.492 e. The monoisotopic (exact) mass is 1030 g/mol. The van der Waals surface area contributed by atoms with Crippen molar-refractivity contribution in [2.45, 2.75) is 46.3 Å². The summed E-state index contributed by atoms with van der Waals surface area (Å²) in [7, 11) is -15.1. The Morgan fingerprint density at radius 2 is 0.914 bits per heavy atom. The van der Waals surface area contributed by atoms with Gasteiger partial charge in [0.1, 0.15) is 34.5 Å². The Bertz CT molecular complexity index is 3470. The third-order valence-electron chi connectivity index (χ3n) is 10.4. The highest BCUT2D eigenvalue weighted by molar-refractivity contribution is 7.92. The molecule has 1 aromatic heterocycles. The van der Waals surface area contributed by atoms with Gasteiger partial charge in [0.25, 0.3) is 0 Å². The summed E-state index contributed by atoms with van der Waals surface area (Å²) in [6.07, 6.45) is 4.58. The molecule has 0 atom stereocenters. The third kappa shape index (κ3) is 12.1. The van der Waals surface area contributed by atoms with E-state index in [0.29, 0.717) is 34.5 Å². The van der Waals surface area contributed by atoms with Gasteiger partial charge in [0.15, 0.2) is 39.3 Å². The fourth-order valence-electron chi connectivity index (χ4n) is 7.50. The van der Waals surface area contributed by atoms with Crippen LogP contribution >= 0.6 is 0 Å². The minimum atomic E-state index is -3.81. The van der Waals surface area contributed by atoms with Crippen LogP contribution in [0.2, 0.25) is 0 Å². The largest absolute Gasteiger partial charge is 0.492 e. The van der Waals surface area contributed by atoms with Crippen LogP contribution in [-0.2, 0) is 52.2 Å². The Balaban J connectivity index is 1.18. The SMILES string of the molecule is CCOc1cc(Cc2nc(Cc3ccc(N=Nc4cc(S(C)(=O)=O)c5cccc(S(C)(=O)=O)c5c4)c(OCC)c3)nc(NCCO)n2)ccc1N=Nc1cc(S(C)(=O)=O)c2cccc(S(C)(=O)=O)c2c1. The topological polar surface area (TPSA) is 275 Å². The van der Waals surface area contributed by atoms with E-state index in [4.69, 9.17) is 14.5 Å². The molecule has 366 valence electrons. The summed E-state index contributed by atoms with van der Waals surface area (Å²) in [5.74, 6) is 1.70. The van der Waals surface area contributed by atoms with Crippen LogP contribution in [0, 0.1) is 0 Å². The summed E-state index contributed by atoms with van der Waals surface area (Å²) in [6, 6.07) is 24.9. The molecule has 0 aliphatic rings. The molecule has 70 heavy (non-hydrogen) atoms. The average molecular weight is 1030 g/mol. The maximum Gasteiger partial charge on any atom is 0.226 e. The number of aliphatic hydroxyl groups excluding tert-OH is 1. The number of hydrogen-bond donors (Lipinski definition) is 2. The van der Waals surface area contributed by atoms with Crippen LogP contribution in [0.25, 0.3) is 21.5 Å². The second-order valence-corrected chi connectivity index (χ2v) is 24.0. The van der Waals surface area contributed by atoms with Gasteiger partial charge in [-0.2, -0.15) is 20.2 Å². The number of azo groups is 2. The van der Waals surface area contributed by atoms with Crippen molar-refractivity contribution >= 4 is 89.6 Å². The maximum atomic E-state index is 12.8. The van der Waals surface area contributed by atoms with Gasteiger partial charge in [0.05, 0.1) is 50.8 Å². The molecule has 2 N–H and O–H groups in total. The molecule has 6 aromatic carbocycles. The second kappa shape index (κ2) is 20.7. The average Bonchev–Trinajstić information content (AvgIpc) is 3.28. The Hall–Kier alpha value is -6.79. The highest BCUT2D eigenvalue weighted by Crippen LogP contribution is 2.38. The zero-order chi connectivity index (χ0) is 50.6. The van der Waals surface area contributed by atoms with E-state index >= 15 is 0 Å². The number of ether oxygens (including phenoxy) is 2. The summed E-state index contributed by atoms with van der Waals surface area (Å²) >= 11 is 0. The molecule has 0 unspecified atom stereocenters. The molecule has 0 bridgehead atoms. The Morgan fingerprint density at radius 3 is 1.29 bits per heavy atom. The van der Waals surface area contributed by atoms with Crippen molar-refractivity contribution in [1.29, 1.82) is 0 Å². The zero-order valence-corrected chi connectivity index (χ0v) is 42.0. The van der Waals surface area contributed by atoms with Crippen LogP contribution in [0.5, 0.6) is 11.5 Å². The molecule has 7 rings (SSSR count). The smallest absolute Gasteiger partial charge is 0.226 e. The predicted molar refractivity (Wildman–Crippen MR) is 265 cm³/mol. The van der Waals surface area contributed by atoms with Crippen LogP contribution in [0.4, 0.5) is 28.7 Å². The first-order chi connectivity index (χ1) is 33.0. The molecule has 0 radical (unpaired) electrons. The van der Waals surface area contributed by atoms with Crippen molar-refractivity contribution in [3.8, 4) is 11.5 Å². The Morgan fingerprint density at radius 1 is 0.500 bits per heavy atom. The number of hydrogen-bond acceptors (Lipinski definition) is 19. The number of aromatic nitrogens is 3. The lowest BCUT2D eigenvalue weighted by Crippen LogP contribution is -2.13. The predicted octanol–water partition coefficient (Wildman–Crippen LogP) is 8.01.